The number of allylic oxidation sites excluding steroid dienone is 4. The van der Waals surface area contributed by atoms with Crippen LogP contribution in [0.3, 0.4) is 0 Å². The van der Waals surface area contributed by atoms with Gasteiger partial charge in [-0.2, -0.15) is 0 Å². The van der Waals surface area contributed by atoms with Crippen molar-refractivity contribution in [2.24, 2.45) is 0 Å². The SMILES string of the molecule is C1=CC(n2c3ccccc3c3cc(-c4ccc5oc6ccc(-n7c8ccccc8c8cc(-c9ccccc9)ccc87)cc6c5c4)ccc32)=CC(c2ccccc2)C1. The maximum atomic E-state index is 6.47. The summed E-state index contributed by atoms with van der Waals surface area (Å²) in [4.78, 5) is 0. The normalized spacial score (nSPS) is 14.5. The molecule has 3 nitrogen and oxygen atoms in total. The fourth-order valence-electron chi connectivity index (χ4n) is 9.32. The van der Waals surface area contributed by atoms with Gasteiger partial charge in [-0.1, -0.05) is 127 Å². The molecule has 1 aliphatic carbocycles. The Balaban J connectivity index is 0.980. The number of hydrogen-bond acceptors (Lipinski definition) is 1. The van der Waals surface area contributed by atoms with Crippen LogP contribution in [0, 0.1) is 0 Å². The van der Waals surface area contributed by atoms with Crippen LogP contribution >= 0.6 is 0 Å². The number of hydrogen-bond donors (Lipinski definition) is 0. The Morgan fingerprint density at radius 1 is 0.404 bits per heavy atom. The zero-order valence-electron chi connectivity index (χ0n) is 31.1. The molecule has 3 heterocycles. The molecule has 57 heavy (non-hydrogen) atoms. The van der Waals surface area contributed by atoms with Crippen LogP contribution in [-0.4, -0.2) is 9.13 Å². The summed E-state index contributed by atoms with van der Waals surface area (Å²) >= 11 is 0. The molecule has 268 valence electrons. The lowest BCUT2D eigenvalue weighted by atomic mass is 9.91. The van der Waals surface area contributed by atoms with Gasteiger partial charge in [0.1, 0.15) is 11.2 Å². The minimum Gasteiger partial charge on any atom is -0.456 e. The predicted molar refractivity (Wildman–Crippen MR) is 239 cm³/mol. The summed E-state index contributed by atoms with van der Waals surface area (Å²) in [5.74, 6) is 0.348. The van der Waals surface area contributed by atoms with Gasteiger partial charge in [0, 0.05) is 49.6 Å². The Hall–Kier alpha value is -7.36. The van der Waals surface area contributed by atoms with Crippen molar-refractivity contribution in [3.05, 3.63) is 206 Å². The summed E-state index contributed by atoms with van der Waals surface area (Å²) in [6.07, 6.45) is 8.05. The second kappa shape index (κ2) is 12.6. The first kappa shape index (κ1) is 31.9. The van der Waals surface area contributed by atoms with Gasteiger partial charge in [-0.15, -0.1) is 0 Å². The van der Waals surface area contributed by atoms with Gasteiger partial charge < -0.3 is 13.6 Å². The zero-order chi connectivity index (χ0) is 37.5. The van der Waals surface area contributed by atoms with Gasteiger partial charge in [0.05, 0.1) is 22.1 Å². The van der Waals surface area contributed by atoms with E-state index in [1.54, 1.807) is 0 Å². The standard InChI is InChI=1S/C54H36N2O/c1-3-12-35(13-4-1)37-16-11-17-41(30-37)55-49-20-9-7-19-44(49)46-32-39(23-27-51(46)55)40-24-28-53-47(33-40)48-34-42(25-29-54(48)57-53)56-50-21-10-8-18-43(50)45-31-38(22-26-52(45)56)36-14-5-2-6-15-36/h1-15,17-34,37H,16H2. The van der Waals surface area contributed by atoms with Crippen molar-refractivity contribution in [2.45, 2.75) is 12.3 Å². The van der Waals surface area contributed by atoms with Gasteiger partial charge in [-0.25, -0.2) is 0 Å². The Morgan fingerprint density at radius 3 is 1.65 bits per heavy atom. The third-order valence-corrected chi connectivity index (χ3v) is 12.0. The molecule has 1 atom stereocenters. The number of rotatable bonds is 5. The van der Waals surface area contributed by atoms with Crippen LogP contribution in [0.25, 0.3) is 99.2 Å². The molecule has 12 rings (SSSR count). The van der Waals surface area contributed by atoms with Crippen LogP contribution in [0.2, 0.25) is 0 Å². The number of furan rings is 1. The van der Waals surface area contributed by atoms with Crippen molar-refractivity contribution in [3.63, 3.8) is 0 Å². The van der Waals surface area contributed by atoms with E-state index in [0.717, 1.165) is 34.0 Å². The highest BCUT2D eigenvalue weighted by Crippen LogP contribution is 2.41. The first-order valence-electron chi connectivity index (χ1n) is 19.8. The molecule has 0 amide bonds. The van der Waals surface area contributed by atoms with E-state index in [-0.39, 0.29) is 0 Å². The molecule has 8 aromatic carbocycles. The predicted octanol–water partition coefficient (Wildman–Crippen LogP) is 14.7. The van der Waals surface area contributed by atoms with Crippen molar-refractivity contribution in [1.82, 2.24) is 9.13 Å². The van der Waals surface area contributed by atoms with E-state index in [9.17, 15) is 0 Å². The van der Waals surface area contributed by atoms with E-state index in [1.165, 1.54) is 77.1 Å². The van der Waals surface area contributed by atoms with Crippen LogP contribution in [0.15, 0.2) is 205 Å². The number of fused-ring (bicyclic) bond motifs is 9. The van der Waals surface area contributed by atoms with Crippen LogP contribution in [0.4, 0.5) is 0 Å². The van der Waals surface area contributed by atoms with Crippen molar-refractivity contribution in [1.29, 1.82) is 0 Å². The zero-order valence-corrected chi connectivity index (χ0v) is 31.1. The molecule has 0 saturated carbocycles. The molecule has 0 saturated heterocycles. The third-order valence-electron chi connectivity index (χ3n) is 12.0. The van der Waals surface area contributed by atoms with E-state index in [4.69, 9.17) is 4.42 Å². The van der Waals surface area contributed by atoms with Gasteiger partial charge in [0.2, 0.25) is 0 Å². The van der Waals surface area contributed by atoms with Crippen LogP contribution in [-0.2, 0) is 0 Å². The highest BCUT2D eigenvalue weighted by Gasteiger charge is 2.19. The molecule has 0 N–H and O–H groups in total. The van der Waals surface area contributed by atoms with Gasteiger partial charge in [0.15, 0.2) is 0 Å². The average Bonchev–Trinajstić information content (AvgIpc) is 3.93. The van der Waals surface area contributed by atoms with Crippen LogP contribution in [0.1, 0.15) is 17.9 Å². The average molecular weight is 729 g/mol. The van der Waals surface area contributed by atoms with E-state index >= 15 is 0 Å². The molecule has 11 aromatic rings. The summed E-state index contributed by atoms with van der Waals surface area (Å²) in [7, 11) is 0. The number of nitrogens with zero attached hydrogens (tertiary/aromatic N) is 2. The molecule has 1 unspecified atom stereocenters. The smallest absolute Gasteiger partial charge is 0.135 e. The summed E-state index contributed by atoms with van der Waals surface area (Å²) in [5.41, 5.74) is 15.1. The highest BCUT2D eigenvalue weighted by molar-refractivity contribution is 6.13. The fraction of sp³-hybridized carbons (Fsp3) is 0.0370. The molecule has 0 radical (unpaired) electrons. The van der Waals surface area contributed by atoms with E-state index < -0.39 is 0 Å². The molecule has 3 aromatic heterocycles. The van der Waals surface area contributed by atoms with Crippen LogP contribution < -0.4 is 0 Å². The quantitative estimate of drug-likeness (QED) is 0.173. The van der Waals surface area contributed by atoms with Gasteiger partial charge >= 0.3 is 0 Å². The van der Waals surface area contributed by atoms with Crippen molar-refractivity contribution >= 4 is 71.2 Å². The van der Waals surface area contributed by atoms with Crippen molar-refractivity contribution in [3.8, 4) is 27.9 Å². The number of aromatic nitrogens is 2. The first-order valence-corrected chi connectivity index (χ1v) is 19.8. The van der Waals surface area contributed by atoms with E-state index in [1.807, 2.05) is 0 Å². The molecular weight excluding hydrogens is 693 g/mol. The van der Waals surface area contributed by atoms with Gasteiger partial charge in [0.25, 0.3) is 0 Å². The lowest BCUT2D eigenvalue weighted by molar-refractivity contribution is 0.669. The molecule has 0 spiro atoms. The topological polar surface area (TPSA) is 23.0 Å². The molecule has 1 aliphatic rings. The summed E-state index contributed by atoms with van der Waals surface area (Å²) in [6.45, 7) is 0. The minimum absolute atomic E-state index is 0.348. The largest absolute Gasteiger partial charge is 0.456 e. The Morgan fingerprint density at radius 2 is 0.930 bits per heavy atom. The Bertz CT molecular complexity index is 3430. The lowest BCUT2D eigenvalue weighted by Gasteiger charge is -2.19. The van der Waals surface area contributed by atoms with E-state index in [2.05, 4.69) is 209 Å². The number of para-hydroxylation sites is 2. The first-order chi connectivity index (χ1) is 28.2. The molecule has 0 bridgehead atoms. The van der Waals surface area contributed by atoms with Gasteiger partial charge in [-0.05, 0) is 107 Å². The Kier molecular flexibility index (Phi) is 7.05. The number of benzene rings is 8. The summed E-state index contributed by atoms with van der Waals surface area (Å²) in [6, 6.07) is 66.0. The molecule has 0 fully saturated rings. The fourth-order valence-corrected chi connectivity index (χ4v) is 9.32. The molecule has 0 aliphatic heterocycles. The van der Waals surface area contributed by atoms with Crippen molar-refractivity contribution < 1.29 is 4.42 Å². The minimum atomic E-state index is 0.348. The Labute approximate surface area is 329 Å². The summed E-state index contributed by atoms with van der Waals surface area (Å²) < 4.78 is 11.3. The molecular formula is C54H36N2O. The molecule has 3 heteroatoms. The second-order valence-corrected chi connectivity index (χ2v) is 15.3. The van der Waals surface area contributed by atoms with Crippen molar-refractivity contribution in [2.75, 3.05) is 0 Å². The maximum Gasteiger partial charge on any atom is 0.135 e. The second-order valence-electron chi connectivity index (χ2n) is 15.3. The van der Waals surface area contributed by atoms with E-state index in [0.29, 0.717) is 5.92 Å². The van der Waals surface area contributed by atoms with Gasteiger partial charge in [-0.3, -0.25) is 0 Å². The lowest BCUT2D eigenvalue weighted by Crippen LogP contribution is -2.03. The maximum absolute atomic E-state index is 6.47. The monoisotopic (exact) mass is 728 g/mol. The third kappa shape index (κ3) is 5.06. The highest BCUT2D eigenvalue weighted by atomic mass is 16.3. The summed E-state index contributed by atoms with van der Waals surface area (Å²) in [5, 5.41) is 7.22. The van der Waals surface area contributed by atoms with Crippen LogP contribution in [0.5, 0.6) is 0 Å².